The molecule has 4 rings (SSSR count). The van der Waals surface area contributed by atoms with Gasteiger partial charge in [0, 0.05) is 35.6 Å². The monoisotopic (exact) mass is 333 g/mol. The molecule has 25 heavy (non-hydrogen) atoms. The van der Waals surface area contributed by atoms with E-state index < -0.39 is 0 Å². The maximum absolute atomic E-state index is 12.9. The molecule has 1 aromatic heterocycles. The highest BCUT2D eigenvalue weighted by molar-refractivity contribution is 5.97. The molecule has 0 amide bonds. The lowest BCUT2D eigenvalue weighted by molar-refractivity contribution is 0.0971. The lowest BCUT2D eigenvalue weighted by Gasteiger charge is -2.23. The van der Waals surface area contributed by atoms with Crippen LogP contribution >= 0.6 is 0 Å². The zero-order chi connectivity index (χ0) is 17.4. The van der Waals surface area contributed by atoms with Crippen LogP contribution < -0.4 is 4.74 Å². The van der Waals surface area contributed by atoms with Crippen LogP contribution in [0.5, 0.6) is 5.75 Å². The number of Topliss-reactive ketones (excluding diaryl/α,β-unsaturated/α-hetero) is 1. The van der Waals surface area contributed by atoms with Crippen LogP contribution in [0.4, 0.5) is 0 Å². The van der Waals surface area contributed by atoms with Crippen LogP contribution in [0.2, 0.25) is 0 Å². The zero-order valence-corrected chi connectivity index (χ0v) is 14.8. The van der Waals surface area contributed by atoms with E-state index in [1.165, 1.54) is 22.2 Å². The van der Waals surface area contributed by atoms with Crippen molar-refractivity contribution in [2.45, 2.75) is 31.6 Å². The Hall–Kier alpha value is -2.55. The second kappa shape index (κ2) is 6.40. The Balaban J connectivity index is 1.69. The van der Waals surface area contributed by atoms with Gasteiger partial charge in [-0.25, -0.2) is 0 Å². The first-order valence-electron chi connectivity index (χ1n) is 8.92. The summed E-state index contributed by atoms with van der Waals surface area (Å²) in [6.45, 7) is 0. The molecule has 0 saturated heterocycles. The lowest BCUT2D eigenvalue weighted by Crippen LogP contribution is -2.15. The fourth-order valence-corrected chi connectivity index (χ4v) is 4.24. The van der Waals surface area contributed by atoms with Crippen molar-refractivity contribution in [1.82, 2.24) is 4.57 Å². The van der Waals surface area contributed by atoms with Crippen molar-refractivity contribution >= 4 is 16.7 Å². The highest BCUT2D eigenvalue weighted by Crippen LogP contribution is 2.40. The molecule has 0 radical (unpaired) electrons. The summed E-state index contributed by atoms with van der Waals surface area (Å²) in [5.41, 5.74) is 4.80. The van der Waals surface area contributed by atoms with Gasteiger partial charge in [0.25, 0.3) is 0 Å². The number of ether oxygens (including phenoxy) is 1. The van der Waals surface area contributed by atoms with E-state index in [1.807, 2.05) is 24.3 Å². The van der Waals surface area contributed by atoms with Gasteiger partial charge in [0.15, 0.2) is 5.78 Å². The van der Waals surface area contributed by atoms with Gasteiger partial charge < -0.3 is 9.30 Å². The Kier molecular flexibility index (Phi) is 4.08. The number of aromatic nitrogens is 1. The molecular weight excluding hydrogens is 310 g/mol. The first-order valence-corrected chi connectivity index (χ1v) is 8.92. The van der Waals surface area contributed by atoms with E-state index in [2.05, 4.69) is 35.9 Å². The van der Waals surface area contributed by atoms with E-state index in [-0.39, 0.29) is 5.78 Å². The Morgan fingerprint density at radius 2 is 2.04 bits per heavy atom. The summed E-state index contributed by atoms with van der Waals surface area (Å²) in [7, 11) is 3.78. The van der Waals surface area contributed by atoms with Crippen molar-refractivity contribution in [2.75, 3.05) is 7.11 Å². The molecule has 0 fully saturated rings. The van der Waals surface area contributed by atoms with E-state index >= 15 is 0 Å². The molecule has 1 heterocycles. The lowest BCUT2D eigenvalue weighted by atomic mass is 9.81. The quantitative estimate of drug-likeness (QED) is 0.637. The van der Waals surface area contributed by atoms with Gasteiger partial charge in [0.2, 0.25) is 0 Å². The van der Waals surface area contributed by atoms with Crippen LogP contribution in [-0.4, -0.2) is 17.5 Å². The predicted octanol–water partition coefficient (Wildman–Crippen LogP) is 4.88. The van der Waals surface area contributed by atoms with Crippen molar-refractivity contribution in [3.63, 3.8) is 0 Å². The molecule has 3 nitrogen and oxygen atoms in total. The average Bonchev–Trinajstić information content (AvgIpc) is 2.96. The molecule has 2 aromatic carbocycles. The van der Waals surface area contributed by atoms with Crippen molar-refractivity contribution in [3.8, 4) is 5.75 Å². The SMILES string of the molecule is COc1cccc(C(=O)CC2CCCc3c2c2ccccc2n3C)c1. The maximum atomic E-state index is 12.9. The van der Waals surface area contributed by atoms with Crippen LogP contribution in [0, 0.1) is 0 Å². The summed E-state index contributed by atoms with van der Waals surface area (Å²) in [5, 5.41) is 1.31. The number of nitrogens with zero attached hydrogens (tertiary/aromatic N) is 1. The maximum Gasteiger partial charge on any atom is 0.163 e. The van der Waals surface area contributed by atoms with Crippen LogP contribution in [0.25, 0.3) is 10.9 Å². The highest BCUT2D eigenvalue weighted by atomic mass is 16.5. The number of hydrogen-bond donors (Lipinski definition) is 0. The summed E-state index contributed by atoms with van der Waals surface area (Å²) in [6, 6.07) is 16.0. The zero-order valence-electron chi connectivity index (χ0n) is 14.8. The minimum atomic E-state index is 0.199. The van der Waals surface area contributed by atoms with E-state index in [0.717, 1.165) is 30.6 Å². The van der Waals surface area contributed by atoms with Gasteiger partial charge in [-0.1, -0.05) is 30.3 Å². The Morgan fingerprint density at radius 1 is 1.20 bits per heavy atom. The van der Waals surface area contributed by atoms with Crippen molar-refractivity contribution in [3.05, 3.63) is 65.4 Å². The molecule has 1 aliphatic carbocycles. The fourth-order valence-electron chi connectivity index (χ4n) is 4.24. The molecule has 0 bridgehead atoms. The second-order valence-corrected chi connectivity index (χ2v) is 6.88. The number of rotatable bonds is 4. The van der Waals surface area contributed by atoms with Crippen LogP contribution in [0.3, 0.4) is 0 Å². The molecule has 0 saturated carbocycles. The molecular formula is C22H23NO2. The molecule has 1 unspecified atom stereocenters. The molecule has 0 spiro atoms. The molecule has 3 heteroatoms. The molecule has 1 aliphatic rings. The van der Waals surface area contributed by atoms with Crippen LogP contribution in [0.15, 0.2) is 48.5 Å². The Morgan fingerprint density at radius 3 is 2.88 bits per heavy atom. The number of hydrogen-bond acceptors (Lipinski definition) is 2. The number of carbonyl (C=O) groups excluding carboxylic acids is 1. The molecule has 0 N–H and O–H groups in total. The average molecular weight is 333 g/mol. The van der Waals surface area contributed by atoms with Crippen molar-refractivity contribution in [1.29, 1.82) is 0 Å². The highest BCUT2D eigenvalue weighted by Gasteiger charge is 2.28. The summed E-state index contributed by atoms with van der Waals surface area (Å²) in [6.07, 6.45) is 3.89. The summed E-state index contributed by atoms with van der Waals surface area (Å²) >= 11 is 0. The van der Waals surface area contributed by atoms with Crippen molar-refractivity contribution < 1.29 is 9.53 Å². The van der Waals surface area contributed by atoms with Gasteiger partial charge in [-0.15, -0.1) is 0 Å². The van der Waals surface area contributed by atoms with Gasteiger partial charge in [-0.05, 0) is 48.9 Å². The minimum absolute atomic E-state index is 0.199. The second-order valence-electron chi connectivity index (χ2n) is 6.88. The number of ketones is 1. The number of benzene rings is 2. The number of para-hydroxylation sites is 1. The predicted molar refractivity (Wildman–Crippen MR) is 101 cm³/mol. The Bertz CT molecular complexity index is 938. The number of carbonyl (C=O) groups is 1. The molecule has 1 atom stereocenters. The van der Waals surface area contributed by atoms with Gasteiger partial charge in [-0.3, -0.25) is 4.79 Å². The topological polar surface area (TPSA) is 31.2 Å². The van der Waals surface area contributed by atoms with Gasteiger partial charge >= 0.3 is 0 Å². The molecule has 128 valence electrons. The largest absolute Gasteiger partial charge is 0.497 e. The first-order chi connectivity index (χ1) is 12.2. The normalized spacial score (nSPS) is 16.6. The Labute approximate surface area is 148 Å². The molecule has 0 aliphatic heterocycles. The summed E-state index contributed by atoms with van der Waals surface area (Å²) in [4.78, 5) is 12.9. The summed E-state index contributed by atoms with van der Waals surface area (Å²) in [5.74, 6) is 1.23. The van der Waals surface area contributed by atoms with E-state index in [0.29, 0.717) is 12.3 Å². The van der Waals surface area contributed by atoms with Gasteiger partial charge in [0.1, 0.15) is 5.75 Å². The third-order valence-electron chi connectivity index (χ3n) is 5.47. The number of fused-ring (bicyclic) bond motifs is 3. The van der Waals surface area contributed by atoms with Gasteiger partial charge in [0.05, 0.1) is 7.11 Å². The van der Waals surface area contributed by atoms with Gasteiger partial charge in [-0.2, -0.15) is 0 Å². The number of methoxy groups -OCH3 is 1. The fraction of sp³-hybridized carbons (Fsp3) is 0.318. The standard InChI is InChI=1S/C22H23NO2/c1-23-19-11-4-3-10-18(19)22-16(8-6-12-20(22)23)14-21(24)15-7-5-9-17(13-15)25-2/h3-5,7,9-11,13,16H,6,8,12,14H2,1-2H3. The van der Waals surface area contributed by atoms with E-state index in [1.54, 1.807) is 7.11 Å². The third kappa shape index (κ3) is 2.74. The summed E-state index contributed by atoms with van der Waals surface area (Å²) < 4.78 is 7.57. The smallest absolute Gasteiger partial charge is 0.163 e. The van der Waals surface area contributed by atoms with E-state index in [4.69, 9.17) is 4.74 Å². The third-order valence-corrected chi connectivity index (χ3v) is 5.47. The minimum Gasteiger partial charge on any atom is -0.497 e. The number of aryl methyl sites for hydroxylation is 1. The molecule has 3 aromatic rings. The van der Waals surface area contributed by atoms with Crippen LogP contribution in [0.1, 0.15) is 46.8 Å². The van der Waals surface area contributed by atoms with Crippen molar-refractivity contribution in [2.24, 2.45) is 7.05 Å². The van der Waals surface area contributed by atoms with E-state index in [9.17, 15) is 4.79 Å². The van der Waals surface area contributed by atoms with Crippen LogP contribution in [-0.2, 0) is 13.5 Å². The first kappa shape index (κ1) is 15.9.